The Bertz CT molecular complexity index is 198. The van der Waals surface area contributed by atoms with E-state index in [1.165, 1.54) is 0 Å². The van der Waals surface area contributed by atoms with Crippen molar-refractivity contribution in [1.29, 1.82) is 0 Å². The fourth-order valence-corrected chi connectivity index (χ4v) is 1.63. The number of rotatable bonds is 4. The van der Waals surface area contributed by atoms with Gasteiger partial charge in [0.25, 0.3) is 0 Å². The molecule has 1 rings (SSSR count). The van der Waals surface area contributed by atoms with E-state index >= 15 is 0 Å². The largest absolute Gasteiger partial charge is 0.353 e. The van der Waals surface area contributed by atoms with Crippen molar-refractivity contribution in [1.82, 2.24) is 16.0 Å². The first kappa shape index (κ1) is 11.5. The third-order valence-electron chi connectivity index (χ3n) is 2.49. The monoisotopic (exact) mass is 199 g/mol. The van der Waals surface area contributed by atoms with Crippen LogP contribution in [0.1, 0.15) is 27.2 Å². The molecule has 1 amide bonds. The molecule has 3 N–H and O–H groups in total. The first-order chi connectivity index (χ1) is 6.52. The lowest BCUT2D eigenvalue weighted by atomic mass is 10.0. The van der Waals surface area contributed by atoms with Crippen molar-refractivity contribution in [3.63, 3.8) is 0 Å². The molecule has 0 radical (unpaired) electrons. The second-order valence-electron chi connectivity index (χ2n) is 4.56. The number of carbonyl (C=O) groups is 1. The van der Waals surface area contributed by atoms with Crippen LogP contribution in [0.5, 0.6) is 0 Å². The van der Waals surface area contributed by atoms with Crippen molar-refractivity contribution in [2.75, 3.05) is 19.6 Å². The molecule has 14 heavy (non-hydrogen) atoms. The molecule has 1 unspecified atom stereocenters. The third-order valence-corrected chi connectivity index (χ3v) is 2.49. The van der Waals surface area contributed by atoms with Gasteiger partial charge in [-0.15, -0.1) is 0 Å². The van der Waals surface area contributed by atoms with E-state index in [0.717, 1.165) is 19.5 Å². The number of carbonyl (C=O) groups excluding carboxylic acids is 1. The lowest BCUT2D eigenvalue weighted by Gasteiger charge is -2.24. The van der Waals surface area contributed by atoms with E-state index < -0.39 is 0 Å². The van der Waals surface area contributed by atoms with Gasteiger partial charge in [-0.05, 0) is 33.7 Å². The Morgan fingerprint density at radius 3 is 2.79 bits per heavy atom. The molecule has 4 heteroatoms. The normalized spacial score (nSPS) is 26.9. The second-order valence-corrected chi connectivity index (χ2v) is 4.56. The summed E-state index contributed by atoms with van der Waals surface area (Å²) in [5.41, 5.74) is 0.0916. The highest BCUT2D eigenvalue weighted by Crippen LogP contribution is 2.12. The predicted octanol–water partition coefficient (Wildman–Crippen LogP) is -0.147. The standard InChI is InChI=1S/C10H21N3O/c1-8(2)13-9(14)6-12-10(3)4-5-11-7-10/h8,11-12H,4-7H2,1-3H3,(H,13,14). The van der Waals surface area contributed by atoms with Crippen molar-refractivity contribution < 1.29 is 4.79 Å². The molecule has 0 bridgehead atoms. The molecule has 0 aromatic heterocycles. The van der Waals surface area contributed by atoms with Crippen LogP contribution in [0.3, 0.4) is 0 Å². The van der Waals surface area contributed by atoms with Crippen molar-refractivity contribution in [3.05, 3.63) is 0 Å². The summed E-state index contributed by atoms with van der Waals surface area (Å²) in [6, 6.07) is 0.221. The van der Waals surface area contributed by atoms with E-state index in [9.17, 15) is 4.79 Å². The Morgan fingerprint density at radius 2 is 2.29 bits per heavy atom. The zero-order valence-electron chi connectivity index (χ0n) is 9.31. The Hall–Kier alpha value is -0.610. The highest BCUT2D eigenvalue weighted by Gasteiger charge is 2.28. The van der Waals surface area contributed by atoms with E-state index in [1.807, 2.05) is 13.8 Å². The number of amides is 1. The van der Waals surface area contributed by atoms with Crippen molar-refractivity contribution >= 4 is 5.91 Å². The maximum atomic E-state index is 11.4. The van der Waals surface area contributed by atoms with Gasteiger partial charge in [-0.2, -0.15) is 0 Å². The molecule has 0 aliphatic carbocycles. The Kier molecular flexibility index (Phi) is 3.89. The molecule has 1 saturated heterocycles. The second kappa shape index (κ2) is 4.75. The summed E-state index contributed by atoms with van der Waals surface area (Å²) in [5.74, 6) is 0.0770. The molecule has 1 fully saturated rings. The van der Waals surface area contributed by atoms with Crippen LogP contribution >= 0.6 is 0 Å². The molecule has 1 heterocycles. The summed E-state index contributed by atoms with van der Waals surface area (Å²) in [6.07, 6.45) is 1.09. The van der Waals surface area contributed by atoms with Gasteiger partial charge in [0, 0.05) is 18.1 Å². The smallest absolute Gasteiger partial charge is 0.234 e. The molecule has 1 atom stereocenters. The molecule has 0 aromatic carbocycles. The number of hydrogen-bond donors (Lipinski definition) is 3. The van der Waals surface area contributed by atoms with Gasteiger partial charge in [-0.25, -0.2) is 0 Å². The molecule has 82 valence electrons. The zero-order valence-corrected chi connectivity index (χ0v) is 9.31. The molecule has 0 saturated carbocycles. The lowest BCUT2D eigenvalue weighted by molar-refractivity contribution is -0.121. The summed E-state index contributed by atoms with van der Waals surface area (Å²) < 4.78 is 0. The predicted molar refractivity (Wildman–Crippen MR) is 57.2 cm³/mol. The van der Waals surface area contributed by atoms with Gasteiger partial charge in [-0.3, -0.25) is 4.79 Å². The zero-order chi connectivity index (χ0) is 10.6. The van der Waals surface area contributed by atoms with Gasteiger partial charge in [0.15, 0.2) is 0 Å². The topological polar surface area (TPSA) is 53.2 Å². The van der Waals surface area contributed by atoms with Gasteiger partial charge in [0.05, 0.1) is 6.54 Å². The first-order valence-corrected chi connectivity index (χ1v) is 5.27. The van der Waals surface area contributed by atoms with Crippen LogP contribution in [0.25, 0.3) is 0 Å². The maximum absolute atomic E-state index is 11.4. The average Bonchev–Trinajstić information content (AvgIpc) is 2.49. The number of hydrogen-bond acceptors (Lipinski definition) is 3. The van der Waals surface area contributed by atoms with Gasteiger partial charge in [-0.1, -0.05) is 0 Å². The van der Waals surface area contributed by atoms with Gasteiger partial charge in [0.2, 0.25) is 5.91 Å². The van der Waals surface area contributed by atoms with E-state index in [0.29, 0.717) is 6.54 Å². The van der Waals surface area contributed by atoms with Crippen molar-refractivity contribution in [2.24, 2.45) is 0 Å². The molecule has 0 spiro atoms. The Labute approximate surface area is 85.8 Å². The van der Waals surface area contributed by atoms with E-state index in [1.54, 1.807) is 0 Å². The van der Waals surface area contributed by atoms with Gasteiger partial charge >= 0.3 is 0 Å². The highest BCUT2D eigenvalue weighted by atomic mass is 16.1. The fourth-order valence-electron chi connectivity index (χ4n) is 1.63. The van der Waals surface area contributed by atoms with E-state index in [-0.39, 0.29) is 17.5 Å². The van der Waals surface area contributed by atoms with Gasteiger partial charge < -0.3 is 16.0 Å². The summed E-state index contributed by atoms with van der Waals surface area (Å²) in [6.45, 7) is 8.48. The quantitative estimate of drug-likeness (QED) is 0.590. The Balaban J connectivity index is 2.22. The van der Waals surface area contributed by atoms with Crippen LogP contribution in [0.4, 0.5) is 0 Å². The van der Waals surface area contributed by atoms with E-state index in [2.05, 4.69) is 22.9 Å². The number of nitrogens with one attached hydrogen (secondary N) is 3. The van der Waals surface area contributed by atoms with Crippen LogP contribution in [0.15, 0.2) is 0 Å². The summed E-state index contributed by atoms with van der Waals surface area (Å²) in [7, 11) is 0. The SMILES string of the molecule is CC(C)NC(=O)CNC1(C)CCNC1. The molecule has 1 aliphatic heterocycles. The molecular formula is C10H21N3O. The summed E-state index contributed by atoms with van der Waals surface area (Å²) in [4.78, 5) is 11.4. The average molecular weight is 199 g/mol. The van der Waals surface area contributed by atoms with Crippen LogP contribution in [0, 0.1) is 0 Å². The minimum atomic E-state index is 0.0770. The molecule has 0 aromatic rings. The molecule has 1 aliphatic rings. The van der Waals surface area contributed by atoms with Crippen LogP contribution < -0.4 is 16.0 Å². The minimum absolute atomic E-state index is 0.0770. The lowest BCUT2D eigenvalue weighted by Crippen LogP contribution is -2.49. The third kappa shape index (κ3) is 3.64. The highest BCUT2D eigenvalue weighted by molar-refractivity contribution is 5.78. The molecular weight excluding hydrogens is 178 g/mol. The molecule has 4 nitrogen and oxygen atoms in total. The van der Waals surface area contributed by atoms with Crippen molar-refractivity contribution in [2.45, 2.75) is 38.8 Å². The van der Waals surface area contributed by atoms with Crippen LogP contribution in [-0.4, -0.2) is 37.1 Å². The maximum Gasteiger partial charge on any atom is 0.234 e. The summed E-state index contributed by atoms with van der Waals surface area (Å²) in [5, 5.41) is 9.43. The first-order valence-electron chi connectivity index (χ1n) is 5.27. The Morgan fingerprint density at radius 1 is 1.57 bits per heavy atom. The van der Waals surface area contributed by atoms with Crippen molar-refractivity contribution in [3.8, 4) is 0 Å². The minimum Gasteiger partial charge on any atom is -0.353 e. The fraction of sp³-hybridized carbons (Fsp3) is 0.900. The summed E-state index contributed by atoms with van der Waals surface area (Å²) >= 11 is 0. The van der Waals surface area contributed by atoms with Crippen LogP contribution in [0.2, 0.25) is 0 Å². The van der Waals surface area contributed by atoms with Gasteiger partial charge in [0.1, 0.15) is 0 Å². The van der Waals surface area contributed by atoms with E-state index in [4.69, 9.17) is 0 Å². The van der Waals surface area contributed by atoms with Crippen LogP contribution in [-0.2, 0) is 4.79 Å².